The van der Waals surface area contributed by atoms with Crippen molar-refractivity contribution in [2.75, 3.05) is 26.3 Å². The molecular weight excluding hydrogens is 282 g/mol. The summed E-state index contributed by atoms with van der Waals surface area (Å²) in [6.45, 7) is 4.41. The molecule has 0 aliphatic carbocycles. The van der Waals surface area contributed by atoms with Gasteiger partial charge in [0, 0.05) is 38.1 Å². The number of rotatable bonds is 1. The van der Waals surface area contributed by atoms with Crippen molar-refractivity contribution in [3.05, 3.63) is 18.0 Å². The number of nitrogens with one attached hydrogen (secondary N) is 1. The van der Waals surface area contributed by atoms with Crippen molar-refractivity contribution in [1.82, 2.24) is 14.9 Å². The molecule has 0 saturated carbocycles. The number of carbonyl (C=O) groups is 1. The summed E-state index contributed by atoms with van der Waals surface area (Å²) < 4.78 is 11.2. The van der Waals surface area contributed by atoms with Gasteiger partial charge < -0.3 is 19.4 Å². The maximum atomic E-state index is 11.4. The Kier molecular flexibility index (Phi) is 3.17. The van der Waals surface area contributed by atoms with Gasteiger partial charge in [-0.1, -0.05) is 0 Å². The van der Waals surface area contributed by atoms with Crippen LogP contribution in [0.25, 0.3) is 11.0 Å². The first-order valence-electron chi connectivity index (χ1n) is 7.75. The fraction of sp³-hybridized carbons (Fsp3) is 0.500. The van der Waals surface area contributed by atoms with Crippen LogP contribution in [0.5, 0.6) is 11.5 Å². The fourth-order valence-corrected chi connectivity index (χ4v) is 3.23. The van der Waals surface area contributed by atoms with Crippen molar-refractivity contribution in [2.24, 2.45) is 0 Å². The lowest BCUT2D eigenvalue weighted by Gasteiger charge is -2.30. The van der Waals surface area contributed by atoms with Gasteiger partial charge in [-0.25, -0.2) is 4.98 Å². The van der Waals surface area contributed by atoms with E-state index in [-0.39, 0.29) is 5.91 Å². The number of aromatic amines is 1. The van der Waals surface area contributed by atoms with E-state index in [4.69, 9.17) is 14.5 Å². The van der Waals surface area contributed by atoms with Gasteiger partial charge in [0.1, 0.15) is 19.0 Å². The highest BCUT2D eigenvalue weighted by molar-refractivity contribution is 5.80. The Morgan fingerprint density at radius 1 is 1.23 bits per heavy atom. The van der Waals surface area contributed by atoms with Gasteiger partial charge in [0.05, 0.1) is 11.0 Å². The van der Waals surface area contributed by atoms with Gasteiger partial charge in [-0.2, -0.15) is 0 Å². The van der Waals surface area contributed by atoms with Crippen LogP contribution in [0.15, 0.2) is 12.1 Å². The van der Waals surface area contributed by atoms with Gasteiger partial charge in [-0.15, -0.1) is 0 Å². The first-order valence-corrected chi connectivity index (χ1v) is 7.75. The van der Waals surface area contributed by atoms with Crippen molar-refractivity contribution >= 4 is 16.9 Å². The van der Waals surface area contributed by atoms with Gasteiger partial charge in [-0.05, 0) is 12.8 Å². The van der Waals surface area contributed by atoms with Gasteiger partial charge in [-0.3, -0.25) is 4.79 Å². The molecule has 1 fully saturated rings. The van der Waals surface area contributed by atoms with Crippen LogP contribution >= 0.6 is 0 Å². The van der Waals surface area contributed by atoms with Crippen LogP contribution in [0.2, 0.25) is 0 Å². The van der Waals surface area contributed by atoms with Crippen LogP contribution in [-0.4, -0.2) is 47.1 Å². The molecule has 0 spiro atoms. The molecule has 1 N–H and O–H groups in total. The molecule has 116 valence electrons. The molecule has 22 heavy (non-hydrogen) atoms. The molecule has 1 saturated heterocycles. The molecule has 0 unspecified atom stereocenters. The monoisotopic (exact) mass is 301 g/mol. The minimum Gasteiger partial charge on any atom is -0.486 e. The van der Waals surface area contributed by atoms with E-state index in [1.165, 1.54) is 0 Å². The Morgan fingerprint density at radius 2 is 1.91 bits per heavy atom. The van der Waals surface area contributed by atoms with Crippen LogP contribution in [0, 0.1) is 0 Å². The smallest absolute Gasteiger partial charge is 0.219 e. The third-order valence-electron chi connectivity index (χ3n) is 4.49. The molecular formula is C16H19N3O3. The third kappa shape index (κ3) is 2.28. The molecule has 0 radical (unpaired) electrons. The van der Waals surface area contributed by atoms with Crippen molar-refractivity contribution in [3.63, 3.8) is 0 Å². The topological polar surface area (TPSA) is 67.5 Å². The Labute approximate surface area is 128 Å². The molecule has 6 nitrogen and oxygen atoms in total. The number of hydrogen-bond acceptors (Lipinski definition) is 4. The zero-order chi connectivity index (χ0) is 15.1. The van der Waals surface area contributed by atoms with E-state index in [0.29, 0.717) is 19.1 Å². The van der Waals surface area contributed by atoms with Crippen molar-refractivity contribution < 1.29 is 14.3 Å². The average molecular weight is 301 g/mol. The third-order valence-corrected chi connectivity index (χ3v) is 4.49. The number of carbonyl (C=O) groups excluding carboxylic acids is 1. The highest BCUT2D eigenvalue weighted by atomic mass is 16.6. The predicted molar refractivity (Wildman–Crippen MR) is 81.3 cm³/mol. The maximum absolute atomic E-state index is 11.4. The van der Waals surface area contributed by atoms with Crippen molar-refractivity contribution in [3.8, 4) is 11.5 Å². The number of nitrogens with zero attached hydrogens (tertiary/aromatic N) is 2. The van der Waals surface area contributed by atoms with Crippen LogP contribution < -0.4 is 9.47 Å². The van der Waals surface area contributed by atoms with E-state index in [9.17, 15) is 4.79 Å². The van der Waals surface area contributed by atoms with Crippen molar-refractivity contribution in [1.29, 1.82) is 0 Å². The molecule has 1 aromatic heterocycles. The highest BCUT2D eigenvalue weighted by Gasteiger charge is 2.25. The number of aromatic nitrogens is 2. The van der Waals surface area contributed by atoms with E-state index in [1.807, 2.05) is 17.0 Å². The number of H-pyrrole nitrogens is 1. The molecule has 2 aliphatic rings. The first kappa shape index (κ1) is 13.4. The Bertz CT molecular complexity index is 674. The van der Waals surface area contributed by atoms with Crippen LogP contribution in [0.1, 0.15) is 31.5 Å². The minimum absolute atomic E-state index is 0.157. The summed E-state index contributed by atoms with van der Waals surface area (Å²) in [5.41, 5.74) is 1.89. The number of ether oxygens (including phenoxy) is 2. The van der Waals surface area contributed by atoms with E-state index >= 15 is 0 Å². The first-order chi connectivity index (χ1) is 10.7. The van der Waals surface area contributed by atoms with E-state index < -0.39 is 0 Å². The number of likely N-dealkylation sites (tertiary alicyclic amines) is 1. The minimum atomic E-state index is 0.157. The SMILES string of the molecule is CC(=O)N1CCC(c2nc3cc4c(cc3[nH]2)OCCO4)CC1. The summed E-state index contributed by atoms with van der Waals surface area (Å²) in [5.74, 6) is 3.08. The average Bonchev–Trinajstić information content (AvgIpc) is 2.95. The molecule has 0 atom stereocenters. The van der Waals surface area contributed by atoms with Gasteiger partial charge in [0.15, 0.2) is 11.5 Å². The highest BCUT2D eigenvalue weighted by Crippen LogP contribution is 2.35. The molecule has 0 bridgehead atoms. The summed E-state index contributed by atoms with van der Waals surface area (Å²) in [6, 6.07) is 3.90. The normalized spacial score (nSPS) is 18.7. The van der Waals surface area contributed by atoms with Crippen LogP contribution in [-0.2, 0) is 4.79 Å². The molecule has 1 amide bonds. The second-order valence-corrected chi connectivity index (χ2v) is 5.92. The van der Waals surface area contributed by atoms with Crippen LogP contribution in [0.4, 0.5) is 0 Å². The number of benzene rings is 1. The number of piperidine rings is 1. The summed E-state index contributed by atoms with van der Waals surface area (Å²) in [6.07, 6.45) is 1.90. The number of imidazole rings is 1. The molecule has 3 heterocycles. The molecule has 6 heteroatoms. The van der Waals surface area contributed by atoms with E-state index in [2.05, 4.69) is 4.98 Å². The van der Waals surface area contributed by atoms with Crippen LogP contribution in [0.3, 0.4) is 0 Å². The number of hydrogen-bond donors (Lipinski definition) is 1. The zero-order valence-electron chi connectivity index (χ0n) is 12.6. The van der Waals surface area contributed by atoms with E-state index in [1.54, 1.807) is 6.92 Å². The van der Waals surface area contributed by atoms with Crippen molar-refractivity contribution in [2.45, 2.75) is 25.7 Å². The lowest BCUT2D eigenvalue weighted by atomic mass is 9.96. The fourth-order valence-electron chi connectivity index (χ4n) is 3.23. The quantitative estimate of drug-likeness (QED) is 0.875. The summed E-state index contributed by atoms with van der Waals surface area (Å²) in [7, 11) is 0. The lowest BCUT2D eigenvalue weighted by molar-refractivity contribution is -0.129. The summed E-state index contributed by atoms with van der Waals surface area (Å²) in [5, 5.41) is 0. The molecule has 4 rings (SSSR count). The summed E-state index contributed by atoms with van der Waals surface area (Å²) in [4.78, 5) is 21.4. The van der Waals surface area contributed by atoms with Gasteiger partial charge in [0.2, 0.25) is 5.91 Å². The standard InChI is InChI=1S/C16H19N3O3/c1-10(20)19-4-2-11(3-5-19)16-17-12-8-14-15(9-13(12)18-16)22-7-6-21-14/h8-9,11H,2-7H2,1H3,(H,17,18). The number of fused-ring (bicyclic) bond motifs is 2. The largest absolute Gasteiger partial charge is 0.486 e. The zero-order valence-corrected chi connectivity index (χ0v) is 12.6. The lowest BCUT2D eigenvalue weighted by Crippen LogP contribution is -2.36. The molecule has 2 aliphatic heterocycles. The second-order valence-electron chi connectivity index (χ2n) is 5.92. The van der Waals surface area contributed by atoms with Gasteiger partial charge >= 0.3 is 0 Å². The summed E-state index contributed by atoms with van der Waals surface area (Å²) >= 11 is 0. The number of amides is 1. The Morgan fingerprint density at radius 3 is 2.59 bits per heavy atom. The Hall–Kier alpha value is -2.24. The molecule has 2 aromatic rings. The second kappa shape index (κ2) is 5.19. The predicted octanol–water partition coefficient (Wildman–Crippen LogP) is 2.06. The van der Waals surface area contributed by atoms with E-state index in [0.717, 1.165) is 54.3 Å². The van der Waals surface area contributed by atoms with Gasteiger partial charge in [0.25, 0.3) is 0 Å². The Balaban J connectivity index is 1.59. The molecule has 1 aromatic carbocycles. The maximum Gasteiger partial charge on any atom is 0.219 e.